The molecular formula is C16H22N2O5S. The first-order chi connectivity index (χ1) is 11.5. The van der Waals surface area contributed by atoms with Crippen molar-refractivity contribution in [1.82, 2.24) is 9.62 Å². The molecule has 1 amide bonds. The summed E-state index contributed by atoms with van der Waals surface area (Å²) in [7, 11) is -3.77. The summed E-state index contributed by atoms with van der Waals surface area (Å²) in [5, 5.41) is 0. The Morgan fingerprint density at radius 1 is 1.29 bits per heavy atom. The van der Waals surface area contributed by atoms with E-state index in [0.717, 1.165) is 12.8 Å². The van der Waals surface area contributed by atoms with E-state index in [-0.39, 0.29) is 17.3 Å². The highest BCUT2D eigenvalue weighted by Gasteiger charge is 2.24. The molecule has 24 heavy (non-hydrogen) atoms. The average Bonchev–Trinajstić information content (AvgIpc) is 2.59. The predicted molar refractivity (Wildman–Crippen MR) is 87.6 cm³/mol. The van der Waals surface area contributed by atoms with Gasteiger partial charge in [-0.1, -0.05) is 6.92 Å². The van der Waals surface area contributed by atoms with E-state index >= 15 is 0 Å². The van der Waals surface area contributed by atoms with Gasteiger partial charge in [-0.15, -0.1) is 0 Å². The number of sulfonamides is 1. The molecule has 2 aliphatic heterocycles. The number of likely N-dealkylation sites (tertiary alicyclic amines) is 1. The minimum absolute atomic E-state index is 0.0616. The predicted octanol–water partition coefficient (Wildman–Crippen LogP) is 0.995. The third-order valence-corrected chi connectivity index (χ3v) is 5.65. The zero-order chi connectivity index (χ0) is 17.2. The molecule has 7 nitrogen and oxygen atoms in total. The zero-order valence-electron chi connectivity index (χ0n) is 13.7. The van der Waals surface area contributed by atoms with Gasteiger partial charge in [0.1, 0.15) is 13.2 Å². The Labute approximate surface area is 142 Å². The van der Waals surface area contributed by atoms with Crippen molar-refractivity contribution in [2.75, 3.05) is 32.8 Å². The van der Waals surface area contributed by atoms with E-state index in [1.165, 1.54) is 12.1 Å². The smallest absolute Gasteiger partial charge is 0.241 e. The maximum atomic E-state index is 12.4. The van der Waals surface area contributed by atoms with E-state index in [1.54, 1.807) is 11.0 Å². The van der Waals surface area contributed by atoms with Crippen LogP contribution in [0.25, 0.3) is 0 Å². The van der Waals surface area contributed by atoms with Crippen molar-refractivity contribution in [1.29, 1.82) is 0 Å². The van der Waals surface area contributed by atoms with Gasteiger partial charge in [-0.25, -0.2) is 13.1 Å². The topological polar surface area (TPSA) is 84.9 Å². The quantitative estimate of drug-likeness (QED) is 0.872. The van der Waals surface area contributed by atoms with Crippen LogP contribution in [-0.4, -0.2) is 52.1 Å². The molecule has 0 unspecified atom stereocenters. The summed E-state index contributed by atoms with van der Waals surface area (Å²) in [6, 6.07) is 4.44. The monoisotopic (exact) mass is 354 g/mol. The molecular weight excluding hydrogens is 332 g/mol. The molecule has 0 saturated carbocycles. The van der Waals surface area contributed by atoms with Gasteiger partial charge in [-0.3, -0.25) is 4.79 Å². The zero-order valence-corrected chi connectivity index (χ0v) is 14.5. The molecule has 3 rings (SSSR count). The Hall–Kier alpha value is -1.80. The fourth-order valence-corrected chi connectivity index (χ4v) is 3.95. The van der Waals surface area contributed by atoms with Gasteiger partial charge >= 0.3 is 0 Å². The molecule has 8 heteroatoms. The molecule has 1 saturated heterocycles. The molecule has 1 N–H and O–H groups in total. The number of ether oxygens (including phenoxy) is 2. The Morgan fingerprint density at radius 3 is 2.79 bits per heavy atom. The highest BCUT2D eigenvalue weighted by molar-refractivity contribution is 7.89. The van der Waals surface area contributed by atoms with Crippen LogP contribution in [0.15, 0.2) is 23.1 Å². The number of amides is 1. The summed E-state index contributed by atoms with van der Waals surface area (Å²) in [5.74, 6) is 1.19. The summed E-state index contributed by atoms with van der Waals surface area (Å²) in [4.78, 5) is 14.0. The first kappa shape index (κ1) is 17.0. The number of nitrogens with zero attached hydrogens (tertiary/aromatic N) is 1. The Morgan fingerprint density at radius 2 is 2.04 bits per heavy atom. The number of benzene rings is 1. The molecule has 1 fully saturated rings. The molecule has 0 aliphatic carbocycles. The van der Waals surface area contributed by atoms with Gasteiger partial charge in [0.05, 0.1) is 11.4 Å². The summed E-state index contributed by atoms with van der Waals surface area (Å²) in [6.07, 6.45) is 2.06. The Bertz CT molecular complexity index is 719. The largest absolute Gasteiger partial charge is 0.486 e. The highest BCUT2D eigenvalue weighted by Crippen LogP contribution is 2.32. The van der Waals surface area contributed by atoms with Crippen LogP contribution in [-0.2, 0) is 14.8 Å². The van der Waals surface area contributed by atoms with Crippen LogP contribution in [0.5, 0.6) is 11.5 Å². The SMILES string of the molecule is C[C@@H]1CCCN(C(=O)CNS(=O)(=O)c2ccc3c(c2)OCCO3)C1. The van der Waals surface area contributed by atoms with Gasteiger partial charge in [0, 0.05) is 19.2 Å². The van der Waals surface area contributed by atoms with E-state index in [1.807, 2.05) is 0 Å². The summed E-state index contributed by atoms with van der Waals surface area (Å²) in [5.41, 5.74) is 0. The molecule has 0 radical (unpaired) electrons. The number of fused-ring (bicyclic) bond motifs is 1. The van der Waals surface area contributed by atoms with Gasteiger partial charge < -0.3 is 14.4 Å². The third kappa shape index (κ3) is 3.81. The van der Waals surface area contributed by atoms with Gasteiger partial charge in [0.2, 0.25) is 15.9 Å². The molecule has 0 aromatic heterocycles. The fraction of sp³-hybridized carbons (Fsp3) is 0.562. The number of carbonyl (C=O) groups is 1. The van der Waals surface area contributed by atoms with Crippen molar-refractivity contribution >= 4 is 15.9 Å². The second-order valence-electron chi connectivity index (χ2n) is 6.22. The van der Waals surface area contributed by atoms with Crippen LogP contribution in [0.2, 0.25) is 0 Å². The van der Waals surface area contributed by atoms with Crippen molar-refractivity contribution in [3.8, 4) is 11.5 Å². The molecule has 1 atom stereocenters. The lowest BCUT2D eigenvalue weighted by Crippen LogP contribution is -2.44. The molecule has 132 valence electrons. The van der Waals surface area contributed by atoms with Crippen LogP contribution >= 0.6 is 0 Å². The highest BCUT2D eigenvalue weighted by atomic mass is 32.2. The first-order valence-corrected chi connectivity index (χ1v) is 9.61. The fourth-order valence-electron chi connectivity index (χ4n) is 2.96. The standard InChI is InChI=1S/C16H22N2O5S/c1-12-3-2-6-18(11-12)16(19)10-17-24(20,21)13-4-5-14-15(9-13)23-8-7-22-14/h4-5,9,12,17H,2-3,6-8,10-11H2,1H3/t12-/m1/s1. The van der Waals surface area contributed by atoms with Crippen molar-refractivity contribution in [3.05, 3.63) is 18.2 Å². The number of carbonyl (C=O) groups excluding carboxylic acids is 1. The molecule has 0 spiro atoms. The second-order valence-corrected chi connectivity index (χ2v) is 7.98. The minimum atomic E-state index is -3.77. The summed E-state index contributed by atoms with van der Waals surface area (Å²) >= 11 is 0. The van der Waals surface area contributed by atoms with E-state index in [4.69, 9.17) is 9.47 Å². The summed E-state index contributed by atoms with van der Waals surface area (Å²) < 4.78 is 37.9. The molecule has 0 bridgehead atoms. The normalized spacial score (nSPS) is 20.7. The lowest BCUT2D eigenvalue weighted by Gasteiger charge is -2.31. The summed E-state index contributed by atoms with van der Waals surface area (Å²) in [6.45, 7) is 4.07. The average molecular weight is 354 g/mol. The van der Waals surface area contributed by atoms with Crippen molar-refractivity contribution < 1.29 is 22.7 Å². The number of hydrogen-bond donors (Lipinski definition) is 1. The van der Waals surface area contributed by atoms with Crippen molar-refractivity contribution in [3.63, 3.8) is 0 Å². The van der Waals surface area contributed by atoms with E-state index < -0.39 is 10.0 Å². The minimum Gasteiger partial charge on any atom is -0.486 e. The van der Waals surface area contributed by atoms with Crippen LogP contribution in [0.1, 0.15) is 19.8 Å². The van der Waals surface area contributed by atoms with E-state index in [0.29, 0.717) is 43.7 Å². The maximum Gasteiger partial charge on any atom is 0.241 e. The first-order valence-electron chi connectivity index (χ1n) is 8.13. The Kier molecular flexibility index (Phi) is 4.96. The van der Waals surface area contributed by atoms with Crippen LogP contribution in [0.3, 0.4) is 0 Å². The number of hydrogen-bond acceptors (Lipinski definition) is 5. The van der Waals surface area contributed by atoms with Gasteiger partial charge in [-0.05, 0) is 30.9 Å². The second kappa shape index (κ2) is 6.98. The van der Waals surface area contributed by atoms with Crippen molar-refractivity contribution in [2.24, 2.45) is 5.92 Å². The maximum absolute atomic E-state index is 12.4. The van der Waals surface area contributed by atoms with Crippen LogP contribution < -0.4 is 14.2 Å². The lowest BCUT2D eigenvalue weighted by atomic mass is 10.0. The Balaban J connectivity index is 1.64. The molecule has 1 aromatic rings. The van der Waals surface area contributed by atoms with E-state index in [2.05, 4.69) is 11.6 Å². The number of rotatable bonds is 4. The molecule has 2 heterocycles. The molecule has 2 aliphatic rings. The van der Waals surface area contributed by atoms with Crippen LogP contribution in [0, 0.1) is 5.92 Å². The van der Waals surface area contributed by atoms with Gasteiger partial charge in [-0.2, -0.15) is 0 Å². The van der Waals surface area contributed by atoms with Crippen molar-refractivity contribution in [2.45, 2.75) is 24.7 Å². The molecule has 1 aromatic carbocycles. The number of piperidine rings is 1. The van der Waals surface area contributed by atoms with Gasteiger partial charge in [0.15, 0.2) is 11.5 Å². The van der Waals surface area contributed by atoms with Gasteiger partial charge in [0.25, 0.3) is 0 Å². The lowest BCUT2D eigenvalue weighted by molar-refractivity contribution is -0.131. The third-order valence-electron chi connectivity index (χ3n) is 4.25. The van der Waals surface area contributed by atoms with Crippen LogP contribution in [0.4, 0.5) is 0 Å². The van der Waals surface area contributed by atoms with E-state index in [9.17, 15) is 13.2 Å². The number of nitrogens with one attached hydrogen (secondary N) is 1.